The van der Waals surface area contributed by atoms with E-state index in [1.165, 1.54) is 13.8 Å². The molecule has 98 valence electrons. The third-order valence-electron chi connectivity index (χ3n) is 1.96. The van der Waals surface area contributed by atoms with E-state index in [0.717, 1.165) is 0 Å². The van der Waals surface area contributed by atoms with Gasteiger partial charge in [-0.1, -0.05) is 0 Å². The highest BCUT2D eigenvalue weighted by atomic mass is 32.1. The van der Waals surface area contributed by atoms with Crippen molar-refractivity contribution >= 4 is 30.4 Å². The van der Waals surface area contributed by atoms with Crippen LogP contribution in [0.25, 0.3) is 0 Å². The second kappa shape index (κ2) is 7.13. The van der Waals surface area contributed by atoms with Crippen LogP contribution < -0.4 is 16.4 Å². The van der Waals surface area contributed by atoms with Crippen LogP contribution in [0.1, 0.15) is 13.8 Å². The Labute approximate surface area is 105 Å². The summed E-state index contributed by atoms with van der Waals surface area (Å²) in [5.41, 5.74) is 5.33. The van der Waals surface area contributed by atoms with Crippen molar-refractivity contribution in [1.82, 2.24) is 10.6 Å². The minimum atomic E-state index is -1.16. The Kier molecular flexibility index (Phi) is 6.59. The van der Waals surface area contributed by atoms with Gasteiger partial charge in [-0.25, -0.2) is 0 Å². The summed E-state index contributed by atoms with van der Waals surface area (Å²) < 4.78 is 0. The van der Waals surface area contributed by atoms with Gasteiger partial charge in [0.1, 0.15) is 12.1 Å². The lowest BCUT2D eigenvalue weighted by molar-refractivity contribution is -0.141. The molecule has 0 bridgehead atoms. The summed E-state index contributed by atoms with van der Waals surface area (Å²) in [5.74, 6) is -2.21. The van der Waals surface area contributed by atoms with Crippen molar-refractivity contribution in [3.8, 4) is 0 Å². The van der Waals surface area contributed by atoms with Gasteiger partial charge >= 0.3 is 5.97 Å². The third-order valence-corrected chi connectivity index (χ3v) is 2.32. The number of carboxylic acid groups (broad SMARTS) is 1. The van der Waals surface area contributed by atoms with Gasteiger partial charge in [0.15, 0.2) is 0 Å². The zero-order chi connectivity index (χ0) is 13.6. The molecule has 2 amide bonds. The zero-order valence-corrected chi connectivity index (χ0v) is 10.5. The zero-order valence-electron chi connectivity index (χ0n) is 9.64. The van der Waals surface area contributed by atoms with Crippen molar-refractivity contribution in [1.29, 1.82) is 0 Å². The fourth-order valence-corrected chi connectivity index (χ4v) is 1.13. The number of hydrogen-bond acceptors (Lipinski definition) is 5. The maximum absolute atomic E-state index is 11.6. The van der Waals surface area contributed by atoms with Crippen LogP contribution in [-0.4, -0.2) is 46.8 Å². The van der Waals surface area contributed by atoms with Crippen LogP contribution in [0.2, 0.25) is 0 Å². The molecule has 0 unspecified atom stereocenters. The van der Waals surface area contributed by atoms with E-state index < -0.39 is 35.9 Å². The lowest BCUT2D eigenvalue weighted by atomic mass is 10.2. The number of nitrogens with one attached hydrogen (secondary N) is 2. The molecule has 0 aliphatic heterocycles. The molecule has 8 heteroatoms. The summed E-state index contributed by atoms with van der Waals surface area (Å²) in [7, 11) is 0. The maximum atomic E-state index is 11.6. The Bertz CT molecular complexity index is 309. The van der Waals surface area contributed by atoms with Crippen LogP contribution in [0, 0.1) is 0 Å². The summed E-state index contributed by atoms with van der Waals surface area (Å²) in [6.45, 7) is 2.80. The van der Waals surface area contributed by atoms with Gasteiger partial charge in [0, 0.05) is 5.75 Å². The molecule has 0 fully saturated rings. The van der Waals surface area contributed by atoms with E-state index >= 15 is 0 Å². The van der Waals surface area contributed by atoms with Gasteiger partial charge in [-0.3, -0.25) is 14.4 Å². The summed E-state index contributed by atoms with van der Waals surface area (Å²) in [4.78, 5) is 33.4. The highest BCUT2D eigenvalue weighted by Crippen LogP contribution is 1.92. The number of thiol groups is 1. The van der Waals surface area contributed by atoms with Crippen LogP contribution in [-0.2, 0) is 14.4 Å². The van der Waals surface area contributed by atoms with E-state index in [2.05, 4.69) is 23.3 Å². The molecule has 0 rings (SSSR count). The van der Waals surface area contributed by atoms with Crippen molar-refractivity contribution in [2.24, 2.45) is 5.73 Å². The first-order valence-electron chi connectivity index (χ1n) is 4.99. The lowest BCUT2D eigenvalue weighted by Gasteiger charge is -2.19. The second-order valence-corrected chi connectivity index (χ2v) is 3.97. The number of rotatable bonds is 6. The molecule has 0 aromatic carbocycles. The topological polar surface area (TPSA) is 122 Å². The van der Waals surface area contributed by atoms with E-state index in [1.54, 1.807) is 0 Å². The molecule has 0 heterocycles. The molecule has 3 atom stereocenters. The van der Waals surface area contributed by atoms with E-state index in [4.69, 9.17) is 10.8 Å². The summed E-state index contributed by atoms with van der Waals surface area (Å²) in [5, 5.41) is 13.2. The number of hydrogen-bond donors (Lipinski definition) is 5. The van der Waals surface area contributed by atoms with Crippen molar-refractivity contribution in [2.45, 2.75) is 32.0 Å². The molecular formula is C9H17N3O4S. The van der Waals surface area contributed by atoms with Crippen LogP contribution in [0.4, 0.5) is 0 Å². The molecule has 7 nitrogen and oxygen atoms in total. The third kappa shape index (κ3) is 5.55. The molecule has 0 aromatic heterocycles. The van der Waals surface area contributed by atoms with Gasteiger partial charge in [-0.2, -0.15) is 12.6 Å². The van der Waals surface area contributed by atoms with Crippen LogP contribution in [0.15, 0.2) is 0 Å². The molecule has 0 saturated carbocycles. The molecule has 0 saturated heterocycles. The van der Waals surface area contributed by atoms with Gasteiger partial charge in [0.25, 0.3) is 0 Å². The second-order valence-electron chi connectivity index (χ2n) is 3.60. The Morgan fingerprint density at radius 3 is 2.12 bits per heavy atom. The Balaban J connectivity index is 4.41. The maximum Gasteiger partial charge on any atom is 0.325 e. The number of aliphatic carboxylic acids is 1. The largest absolute Gasteiger partial charge is 0.480 e. The van der Waals surface area contributed by atoms with Gasteiger partial charge in [-0.15, -0.1) is 0 Å². The average Bonchev–Trinajstić information content (AvgIpc) is 2.24. The molecule has 0 aliphatic rings. The molecule has 0 radical (unpaired) electrons. The minimum Gasteiger partial charge on any atom is -0.480 e. The Morgan fingerprint density at radius 1 is 1.24 bits per heavy atom. The van der Waals surface area contributed by atoms with E-state index in [-0.39, 0.29) is 5.75 Å². The average molecular weight is 263 g/mol. The predicted molar refractivity (Wildman–Crippen MR) is 64.7 cm³/mol. The highest BCUT2D eigenvalue weighted by molar-refractivity contribution is 7.80. The van der Waals surface area contributed by atoms with Gasteiger partial charge < -0.3 is 21.5 Å². The van der Waals surface area contributed by atoms with Gasteiger partial charge in [0.2, 0.25) is 11.8 Å². The van der Waals surface area contributed by atoms with Crippen molar-refractivity contribution in [2.75, 3.05) is 5.75 Å². The molecule has 0 aliphatic carbocycles. The van der Waals surface area contributed by atoms with Crippen LogP contribution >= 0.6 is 12.6 Å². The number of carboxylic acids is 1. The Morgan fingerprint density at radius 2 is 1.76 bits per heavy atom. The molecular weight excluding hydrogens is 246 g/mol. The van der Waals surface area contributed by atoms with E-state index in [1.807, 2.05) is 0 Å². The number of amides is 2. The first kappa shape index (κ1) is 15.7. The van der Waals surface area contributed by atoms with Crippen molar-refractivity contribution < 1.29 is 19.5 Å². The normalized spacial score (nSPS) is 15.5. The molecule has 0 spiro atoms. The standard InChI is InChI=1S/C9H17N3O4S/c1-4(10)7(13)12-6(3-17)8(14)11-5(2)9(15)16/h4-6,17H,3,10H2,1-2H3,(H,11,14)(H,12,13)(H,15,16)/t4-,5-,6-/m0/s1. The van der Waals surface area contributed by atoms with E-state index in [0.29, 0.717) is 0 Å². The lowest BCUT2D eigenvalue weighted by Crippen LogP contribution is -2.54. The van der Waals surface area contributed by atoms with E-state index in [9.17, 15) is 14.4 Å². The monoisotopic (exact) mass is 263 g/mol. The fourth-order valence-electron chi connectivity index (χ4n) is 0.873. The molecule has 17 heavy (non-hydrogen) atoms. The SMILES string of the molecule is C[C@H](N)C(=O)N[C@@H](CS)C(=O)N[C@@H](C)C(=O)O. The summed E-state index contributed by atoms with van der Waals surface area (Å²) in [6, 6.07) is -2.68. The van der Waals surface area contributed by atoms with Crippen LogP contribution in [0.3, 0.4) is 0 Å². The minimum absolute atomic E-state index is 0.0522. The van der Waals surface area contributed by atoms with Crippen molar-refractivity contribution in [3.05, 3.63) is 0 Å². The number of nitrogens with two attached hydrogens (primary N) is 1. The number of carbonyl (C=O) groups excluding carboxylic acids is 2. The smallest absolute Gasteiger partial charge is 0.325 e. The number of carbonyl (C=O) groups is 3. The summed E-state index contributed by atoms with van der Waals surface area (Å²) in [6.07, 6.45) is 0. The predicted octanol–water partition coefficient (Wildman–Crippen LogP) is -1.66. The summed E-state index contributed by atoms with van der Waals surface area (Å²) >= 11 is 3.91. The Hall–Kier alpha value is -1.28. The molecule has 5 N–H and O–H groups in total. The first-order chi connectivity index (χ1) is 7.79. The van der Waals surface area contributed by atoms with Gasteiger partial charge in [-0.05, 0) is 13.8 Å². The first-order valence-corrected chi connectivity index (χ1v) is 5.62. The highest BCUT2D eigenvalue weighted by Gasteiger charge is 2.23. The molecule has 0 aromatic rings. The van der Waals surface area contributed by atoms with Crippen molar-refractivity contribution in [3.63, 3.8) is 0 Å². The van der Waals surface area contributed by atoms with Gasteiger partial charge in [0.05, 0.1) is 6.04 Å². The quantitative estimate of drug-likeness (QED) is 0.367. The van der Waals surface area contributed by atoms with Crippen LogP contribution in [0.5, 0.6) is 0 Å². The fraction of sp³-hybridized carbons (Fsp3) is 0.667.